The molecule has 0 aliphatic carbocycles. The fraction of sp³-hybridized carbons (Fsp3) is 0. The molecule has 0 aliphatic heterocycles. The number of carbonyl (C=O) groups is 2. The maximum Gasteiger partial charge on any atom is 2.00 e. The summed E-state index contributed by atoms with van der Waals surface area (Å²) in [5.74, 6) is -2.52. The van der Waals surface area contributed by atoms with Crippen LogP contribution in [0.3, 0.4) is 0 Å². The van der Waals surface area contributed by atoms with E-state index in [1.165, 1.54) is 36.4 Å². The Morgan fingerprint density at radius 2 is 0.589 bits per heavy atom. The number of fused-ring (bicyclic) bond motifs is 7. The van der Waals surface area contributed by atoms with E-state index in [4.69, 9.17) is 0 Å². The van der Waals surface area contributed by atoms with Gasteiger partial charge in [-0.05, 0) is 58.3 Å². The smallest absolute Gasteiger partial charge is 0.870 e. The Hall–Kier alpha value is -5.64. The molecule has 4 aromatic carbocycles. The van der Waals surface area contributed by atoms with Gasteiger partial charge in [-0.2, -0.15) is 0 Å². The maximum absolute atomic E-state index is 10.6. The number of carbonyl (C=O) groups excluding carboxylic acids is 2. The number of hydrogen-bond donors (Lipinski definition) is 0. The topological polar surface area (TPSA) is 447 Å². The summed E-state index contributed by atoms with van der Waals surface area (Å²) in [6.07, 6.45) is 7.21. The summed E-state index contributed by atoms with van der Waals surface area (Å²) in [5.41, 5.74) is 4.04. The van der Waals surface area contributed by atoms with E-state index in [1.807, 2.05) is 24.3 Å². The van der Waals surface area contributed by atoms with E-state index >= 15 is 0 Å². The molecule has 0 saturated carbocycles. The molecule has 18 nitrogen and oxygen atoms in total. The fourth-order valence-corrected chi connectivity index (χ4v) is 4.86. The van der Waals surface area contributed by atoms with Crippen LogP contribution in [0.15, 0.2) is 134 Å². The molecule has 0 atom stereocenters. The Morgan fingerprint density at radius 1 is 0.375 bits per heavy atom. The van der Waals surface area contributed by atoms with Gasteiger partial charge in [-0.1, -0.05) is 72.8 Å². The first-order valence-corrected chi connectivity index (χ1v) is 13.6. The van der Waals surface area contributed by atoms with Gasteiger partial charge < -0.3 is 74.6 Å². The van der Waals surface area contributed by atoms with Crippen LogP contribution in [0.25, 0.3) is 54.4 Å². The SMILES string of the molecule is O.O.O.O.O.O.O=C([O-])c1ccc2cc(C(=O)[O-])ccc2c1.[Cu+2].[Cu+2].[OH-].[OH-].[OH3+].[OH3+].c1cnc2c(c1)ccc1cccnc12.c1cnc2c(c1)ccc1cccnc12. The Balaban J connectivity index is -0.000000116. The molecule has 0 fully saturated rings. The number of aromatic nitrogens is 4. The summed E-state index contributed by atoms with van der Waals surface area (Å²) < 4.78 is 0. The van der Waals surface area contributed by atoms with Gasteiger partial charge in [-0.25, -0.2) is 0 Å². The summed E-state index contributed by atoms with van der Waals surface area (Å²) in [6.45, 7) is 0. The molecule has 20 N–H and O–H groups in total. The van der Waals surface area contributed by atoms with Crippen molar-refractivity contribution in [3.8, 4) is 0 Å². The Labute approximate surface area is 338 Å². The molecular formula is C36H42Cu2N4O14+2. The van der Waals surface area contributed by atoms with E-state index in [1.54, 1.807) is 24.8 Å². The summed E-state index contributed by atoms with van der Waals surface area (Å²) in [6, 6.07) is 33.0. The molecule has 8 rings (SSSR count). The van der Waals surface area contributed by atoms with Gasteiger partial charge >= 0.3 is 34.1 Å². The van der Waals surface area contributed by atoms with Crippen molar-refractivity contribution in [3.63, 3.8) is 0 Å². The van der Waals surface area contributed by atoms with Gasteiger partial charge in [-0.15, -0.1) is 0 Å². The molecule has 0 unspecified atom stereocenters. The van der Waals surface area contributed by atoms with Crippen LogP contribution in [-0.2, 0) is 45.1 Å². The Bertz CT molecular complexity index is 2080. The van der Waals surface area contributed by atoms with Gasteiger partial charge in [0, 0.05) is 46.3 Å². The first-order valence-electron chi connectivity index (χ1n) is 13.6. The molecule has 0 amide bonds. The summed E-state index contributed by atoms with van der Waals surface area (Å²) in [5, 5.41) is 27.1. The zero-order valence-electron chi connectivity index (χ0n) is 28.8. The van der Waals surface area contributed by atoms with Crippen molar-refractivity contribution < 1.29 is 109 Å². The van der Waals surface area contributed by atoms with Gasteiger partial charge in [0.15, 0.2) is 0 Å². The molecule has 0 bridgehead atoms. The van der Waals surface area contributed by atoms with Crippen molar-refractivity contribution in [1.29, 1.82) is 0 Å². The first-order chi connectivity index (χ1) is 21.5. The normalized spacial score (nSPS) is 8.36. The second-order valence-corrected chi connectivity index (χ2v) is 9.78. The summed E-state index contributed by atoms with van der Waals surface area (Å²) in [7, 11) is 0. The molecule has 2 radical (unpaired) electrons. The van der Waals surface area contributed by atoms with Gasteiger partial charge in [0.2, 0.25) is 0 Å². The van der Waals surface area contributed by atoms with Crippen molar-refractivity contribution in [2.45, 2.75) is 0 Å². The second-order valence-electron chi connectivity index (χ2n) is 9.78. The van der Waals surface area contributed by atoms with Crippen LogP contribution in [0.1, 0.15) is 20.7 Å². The third-order valence-corrected chi connectivity index (χ3v) is 7.00. The minimum absolute atomic E-state index is 0. The summed E-state index contributed by atoms with van der Waals surface area (Å²) >= 11 is 0. The minimum Gasteiger partial charge on any atom is -0.870 e. The van der Waals surface area contributed by atoms with Crippen molar-refractivity contribution >= 4 is 66.3 Å². The molecule has 0 aliphatic rings. The van der Waals surface area contributed by atoms with Crippen LogP contribution in [0.5, 0.6) is 0 Å². The maximum atomic E-state index is 10.6. The zero-order valence-corrected chi connectivity index (χ0v) is 30.7. The Morgan fingerprint density at radius 3 is 0.804 bits per heavy atom. The third kappa shape index (κ3) is 14.5. The monoisotopic (exact) mass is 880 g/mol. The number of benzene rings is 4. The van der Waals surface area contributed by atoms with Gasteiger partial charge in [-0.3, -0.25) is 19.9 Å². The molecule has 310 valence electrons. The van der Waals surface area contributed by atoms with Gasteiger partial charge in [0.25, 0.3) is 0 Å². The molecule has 56 heavy (non-hydrogen) atoms. The van der Waals surface area contributed by atoms with E-state index in [-0.39, 0.29) is 100 Å². The van der Waals surface area contributed by atoms with Crippen molar-refractivity contribution in [3.05, 3.63) is 145 Å². The van der Waals surface area contributed by atoms with Crippen LogP contribution in [0.2, 0.25) is 0 Å². The minimum atomic E-state index is -1.26. The first kappa shape index (κ1) is 65.3. The van der Waals surface area contributed by atoms with Crippen LogP contribution in [0, 0.1) is 0 Å². The molecule has 0 spiro atoms. The predicted molar refractivity (Wildman–Crippen MR) is 202 cm³/mol. The van der Waals surface area contributed by atoms with E-state index in [0.717, 1.165) is 43.6 Å². The average molecular weight is 882 g/mol. The van der Waals surface area contributed by atoms with Crippen molar-refractivity contribution in [2.75, 3.05) is 0 Å². The number of pyridine rings is 4. The standard InChI is InChI=1S/2C12H8N2.C12H8O4.2Cu.10H2O/c2*1-3-9-5-6-10-4-2-8-14-12(10)11(9)13-7-1;13-11(14)9-3-1-7-5-10(12(15)16)4-2-8(7)6-9;;;;;;;;;;;;/h2*1-8H;1-6H,(H,13,14)(H,15,16);;;10*1H2/q;;;2*+2;;;;;;;;;;/p-2. The largest absolute Gasteiger partial charge is 2.00 e. The molecule has 4 heterocycles. The summed E-state index contributed by atoms with van der Waals surface area (Å²) in [4.78, 5) is 38.6. The molecule has 8 aromatic rings. The van der Waals surface area contributed by atoms with E-state index in [9.17, 15) is 19.8 Å². The van der Waals surface area contributed by atoms with E-state index in [0.29, 0.717) is 10.8 Å². The van der Waals surface area contributed by atoms with Crippen molar-refractivity contribution in [1.82, 2.24) is 19.9 Å². The molecule has 0 saturated heterocycles. The number of carboxylic acid groups (broad SMARTS) is 2. The Kier molecular flexibility index (Phi) is 34.6. The number of hydrogen-bond acceptors (Lipinski definition) is 10. The van der Waals surface area contributed by atoms with Crippen LogP contribution < -0.4 is 10.2 Å². The second kappa shape index (κ2) is 29.7. The number of nitrogens with zero attached hydrogens (tertiary/aromatic N) is 4. The van der Waals surface area contributed by atoms with E-state index < -0.39 is 11.9 Å². The van der Waals surface area contributed by atoms with E-state index in [2.05, 4.69) is 68.5 Å². The van der Waals surface area contributed by atoms with Crippen LogP contribution in [0.4, 0.5) is 0 Å². The molecule has 20 heteroatoms. The van der Waals surface area contributed by atoms with Crippen LogP contribution >= 0.6 is 0 Å². The fourth-order valence-electron chi connectivity index (χ4n) is 4.86. The quantitative estimate of drug-likeness (QED) is 0.104. The zero-order chi connectivity index (χ0) is 30.5. The van der Waals surface area contributed by atoms with Gasteiger partial charge in [0.1, 0.15) is 0 Å². The number of carboxylic acids is 2. The number of aromatic carboxylic acids is 2. The number of rotatable bonds is 2. The van der Waals surface area contributed by atoms with Crippen molar-refractivity contribution in [2.24, 2.45) is 0 Å². The predicted octanol–water partition coefficient (Wildman–Crippen LogP) is -2.02. The third-order valence-electron chi connectivity index (χ3n) is 7.00. The molecular weight excluding hydrogens is 840 g/mol. The van der Waals surface area contributed by atoms with Gasteiger partial charge in [0.05, 0.1) is 34.0 Å². The molecule has 4 aromatic heterocycles. The van der Waals surface area contributed by atoms with Crippen LogP contribution in [-0.4, -0.2) is 75.7 Å². The average Bonchev–Trinajstić information content (AvgIpc) is 3.08.